The molecular formula is C10H10IN5. The van der Waals surface area contributed by atoms with Gasteiger partial charge in [-0.05, 0) is 47.2 Å². The minimum absolute atomic E-state index is 0.129. The molecule has 0 aliphatic rings. The summed E-state index contributed by atoms with van der Waals surface area (Å²) in [5, 5.41) is 19.4. The summed E-state index contributed by atoms with van der Waals surface area (Å²) in [4.78, 5) is 0. The number of benzene rings is 1. The van der Waals surface area contributed by atoms with E-state index in [1.165, 1.54) is 5.56 Å². The van der Waals surface area contributed by atoms with Crippen molar-refractivity contribution in [3.05, 3.63) is 27.3 Å². The van der Waals surface area contributed by atoms with Gasteiger partial charge in [0.15, 0.2) is 5.84 Å². The van der Waals surface area contributed by atoms with E-state index in [1.54, 1.807) is 6.07 Å². The van der Waals surface area contributed by atoms with Crippen LogP contribution in [0.15, 0.2) is 23.3 Å². The molecule has 6 heteroatoms. The predicted molar refractivity (Wildman–Crippen MR) is 72.5 cm³/mol. The summed E-state index contributed by atoms with van der Waals surface area (Å²) >= 11 is 2.21. The van der Waals surface area contributed by atoms with E-state index in [-0.39, 0.29) is 11.5 Å². The molecule has 0 aliphatic heterocycles. The number of amidine groups is 1. The summed E-state index contributed by atoms with van der Waals surface area (Å²) in [6, 6.07) is 7.42. The van der Waals surface area contributed by atoms with Crippen LogP contribution in [0.2, 0.25) is 0 Å². The summed E-state index contributed by atoms with van der Waals surface area (Å²) in [5.41, 5.74) is 9.63. The first-order valence-corrected chi connectivity index (χ1v) is 5.47. The molecule has 1 aromatic rings. The van der Waals surface area contributed by atoms with Crippen LogP contribution in [0.1, 0.15) is 5.56 Å². The molecule has 16 heavy (non-hydrogen) atoms. The highest BCUT2D eigenvalue weighted by Gasteiger charge is 2.01. The van der Waals surface area contributed by atoms with Gasteiger partial charge < -0.3 is 5.73 Å². The molecule has 0 atom stereocenters. The Bertz CT molecular complexity index is 486. The van der Waals surface area contributed by atoms with E-state index in [0.29, 0.717) is 0 Å². The van der Waals surface area contributed by atoms with Crippen molar-refractivity contribution in [3.8, 4) is 6.07 Å². The second-order valence-electron chi connectivity index (χ2n) is 3.06. The van der Waals surface area contributed by atoms with Gasteiger partial charge in [0.05, 0.1) is 5.69 Å². The maximum absolute atomic E-state index is 8.63. The van der Waals surface area contributed by atoms with Gasteiger partial charge in [-0.3, -0.25) is 10.8 Å². The van der Waals surface area contributed by atoms with Crippen LogP contribution in [-0.4, -0.2) is 11.5 Å². The average Bonchev–Trinajstić information content (AvgIpc) is 2.23. The van der Waals surface area contributed by atoms with E-state index in [2.05, 4.69) is 33.1 Å². The van der Waals surface area contributed by atoms with Gasteiger partial charge in [0.1, 0.15) is 6.07 Å². The number of anilines is 1. The first kappa shape index (κ1) is 12.4. The van der Waals surface area contributed by atoms with Crippen molar-refractivity contribution in [2.45, 2.75) is 6.92 Å². The SMILES string of the molecule is Cc1ccc(N/N=C(\C#N)C(=N)N)cc1I. The minimum Gasteiger partial charge on any atom is -0.382 e. The third-order valence-corrected chi connectivity index (χ3v) is 2.99. The fourth-order valence-corrected chi connectivity index (χ4v) is 1.44. The molecule has 1 aromatic carbocycles. The molecule has 0 saturated heterocycles. The van der Waals surface area contributed by atoms with Crippen molar-refractivity contribution < 1.29 is 0 Å². The lowest BCUT2D eigenvalue weighted by Crippen LogP contribution is -2.21. The lowest BCUT2D eigenvalue weighted by Gasteiger charge is -2.03. The van der Waals surface area contributed by atoms with Crippen LogP contribution < -0.4 is 11.2 Å². The number of nitrogens with two attached hydrogens (primary N) is 1. The monoisotopic (exact) mass is 327 g/mol. The maximum Gasteiger partial charge on any atom is 0.201 e. The molecule has 0 fully saturated rings. The van der Waals surface area contributed by atoms with Crippen molar-refractivity contribution in [1.82, 2.24) is 0 Å². The molecule has 4 N–H and O–H groups in total. The quantitative estimate of drug-likeness (QED) is 0.342. The Morgan fingerprint density at radius 3 is 2.81 bits per heavy atom. The van der Waals surface area contributed by atoms with Crippen molar-refractivity contribution in [3.63, 3.8) is 0 Å². The van der Waals surface area contributed by atoms with Crippen LogP contribution in [-0.2, 0) is 0 Å². The summed E-state index contributed by atoms with van der Waals surface area (Å²) in [7, 11) is 0. The average molecular weight is 327 g/mol. The summed E-state index contributed by atoms with van der Waals surface area (Å²) in [6.07, 6.45) is 0. The molecule has 0 aliphatic carbocycles. The molecule has 5 nitrogen and oxygen atoms in total. The molecular weight excluding hydrogens is 317 g/mol. The Labute approximate surface area is 107 Å². The fraction of sp³-hybridized carbons (Fsp3) is 0.100. The molecule has 0 spiro atoms. The van der Waals surface area contributed by atoms with Crippen molar-refractivity contribution in [2.75, 3.05) is 5.43 Å². The van der Waals surface area contributed by atoms with Crippen LogP contribution in [0.3, 0.4) is 0 Å². The van der Waals surface area contributed by atoms with Gasteiger partial charge in [-0.15, -0.1) is 0 Å². The normalized spacial score (nSPS) is 10.7. The fourth-order valence-electron chi connectivity index (χ4n) is 0.928. The maximum atomic E-state index is 8.63. The van der Waals surface area contributed by atoms with Gasteiger partial charge in [-0.25, -0.2) is 0 Å². The van der Waals surface area contributed by atoms with E-state index in [1.807, 2.05) is 25.1 Å². The number of rotatable bonds is 3. The minimum atomic E-state index is -0.350. The van der Waals surface area contributed by atoms with Crippen molar-refractivity contribution in [1.29, 1.82) is 10.7 Å². The van der Waals surface area contributed by atoms with E-state index >= 15 is 0 Å². The molecule has 0 bridgehead atoms. The summed E-state index contributed by atoms with van der Waals surface area (Å²) < 4.78 is 1.10. The summed E-state index contributed by atoms with van der Waals surface area (Å²) in [5.74, 6) is -0.350. The number of nitrogens with zero attached hydrogens (tertiary/aromatic N) is 2. The Morgan fingerprint density at radius 1 is 1.62 bits per heavy atom. The Morgan fingerprint density at radius 2 is 2.31 bits per heavy atom. The number of nitrogens with one attached hydrogen (secondary N) is 2. The molecule has 1 rings (SSSR count). The second kappa shape index (κ2) is 5.46. The standard InChI is InChI=1S/C10H10IN5/c1-6-2-3-7(4-8(6)11)15-16-9(5-12)10(13)14/h2-4,15H,1H3,(H3,13,14)/b16-9+. The summed E-state index contributed by atoms with van der Waals surface area (Å²) in [6.45, 7) is 2.01. The van der Waals surface area contributed by atoms with Crippen LogP contribution >= 0.6 is 22.6 Å². The first-order valence-electron chi connectivity index (χ1n) is 4.39. The van der Waals surface area contributed by atoms with E-state index in [4.69, 9.17) is 16.4 Å². The number of halogens is 1. The van der Waals surface area contributed by atoms with Gasteiger partial charge in [0.2, 0.25) is 5.71 Å². The highest BCUT2D eigenvalue weighted by Crippen LogP contribution is 2.16. The molecule has 0 unspecified atom stereocenters. The lowest BCUT2D eigenvalue weighted by atomic mass is 10.2. The predicted octanol–water partition coefficient (Wildman–Crippen LogP) is 1.83. The van der Waals surface area contributed by atoms with Crippen molar-refractivity contribution >= 4 is 39.8 Å². The number of hydrogen-bond acceptors (Lipinski definition) is 4. The smallest absolute Gasteiger partial charge is 0.201 e. The molecule has 0 saturated carbocycles. The van der Waals surface area contributed by atoms with Gasteiger partial charge in [0, 0.05) is 3.57 Å². The molecule has 0 amide bonds. The zero-order valence-corrected chi connectivity index (χ0v) is 10.7. The van der Waals surface area contributed by atoms with Crippen LogP contribution in [0, 0.1) is 27.2 Å². The van der Waals surface area contributed by atoms with Crippen LogP contribution in [0.5, 0.6) is 0 Å². The van der Waals surface area contributed by atoms with E-state index in [0.717, 1.165) is 9.26 Å². The molecule has 0 aromatic heterocycles. The number of aryl methyl sites for hydroxylation is 1. The van der Waals surface area contributed by atoms with Gasteiger partial charge >= 0.3 is 0 Å². The Balaban J connectivity index is 2.86. The zero-order valence-electron chi connectivity index (χ0n) is 8.58. The van der Waals surface area contributed by atoms with Crippen LogP contribution in [0.4, 0.5) is 5.69 Å². The second-order valence-corrected chi connectivity index (χ2v) is 4.22. The lowest BCUT2D eigenvalue weighted by molar-refractivity contribution is 1.31. The van der Waals surface area contributed by atoms with Crippen LogP contribution in [0.25, 0.3) is 0 Å². The number of hydrogen-bond donors (Lipinski definition) is 3. The van der Waals surface area contributed by atoms with Gasteiger partial charge in [0.25, 0.3) is 0 Å². The molecule has 0 heterocycles. The third-order valence-electron chi connectivity index (χ3n) is 1.83. The first-order chi connectivity index (χ1) is 7.54. The molecule has 0 radical (unpaired) electrons. The van der Waals surface area contributed by atoms with Gasteiger partial charge in [-0.2, -0.15) is 10.4 Å². The van der Waals surface area contributed by atoms with E-state index < -0.39 is 0 Å². The van der Waals surface area contributed by atoms with Gasteiger partial charge in [-0.1, -0.05) is 6.07 Å². The number of hydrazone groups is 1. The topological polar surface area (TPSA) is 98.0 Å². The highest BCUT2D eigenvalue weighted by molar-refractivity contribution is 14.1. The molecule has 82 valence electrons. The highest BCUT2D eigenvalue weighted by atomic mass is 127. The Hall–Kier alpha value is -1.62. The van der Waals surface area contributed by atoms with E-state index in [9.17, 15) is 0 Å². The Kier molecular flexibility index (Phi) is 4.25. The largest absolute Gasteiger partial charge is 0.382 e. The third kappa shape index (κ3) is 3.20. The zero-order chi connectivity index (χ0) is 12.1. The number of nitriles is 1. The van der Waals surface area contributed by atoms with Crippen molar-refractivity contribution in [2.24, 2.45) is 10.8 Å².